The number of nitrogens with zero attached hydrogens (tertiary/aromatic N) is 1. The molecular formula is C38H23N. The molecule has 0 saturated heterocycles. The summed E-state index contributed by atoms with van der Waals surface area (Å²) >= 11 is 0. The number of benzene rings is 7. The Morgan fingerprint density at radius 2 is 0.667 bits per heavy atom. The molecular weight excluding hydrogens is 470 g/mol. The van der Waals surface area contributed by atoms with Crippen LogP contribution in [0.3, 0.4) is 0 Å². The molecule has 180 valence electrons. The first kappa shape index (κ1) is 20.9. The Hall–Kier alpha value is -5.14. The van der Waals surface area contributed by atoms with Crippen molar-refractivity contribution in [3.05, 3.63) is 140 Å². The summed E-state index contributed by atoms with van der Waals surface area (Å²) in [6.07, 6.45) is 0. The lowest BCUT2D eigenvalue weighted by molar-refractivity contribution is 1.31. The normalized spacial score (nSPS) is 12.1. The van der Waals surface area contributed by atoms with Crippen molar-refractivity contribution in [2.75, 3.05) is 4.90 Å². The molecule has 9 rings (SSSR count). The van der Waals surface area contributed by atoms with Crippen LogP contribution in [0.1, 0.15) is 0 Å². The first-order valence-corrected chi connectivity index (χ1v) is 13.5. The maximum atomic E-state index is 2.46. The van der Waals surface area contributed by atoms with Gasteiger partial charge in [-0.3, -0.25) is 0 Å². The van der Waals surface area contributed by atoms with E-state index in [2.05, 4.69) is 144 Å². The molecule has 7 aromatic carbocycles. The van der Waals surface area contributed by atoms with E-state index >= 15 is 0 Å². The summed E-state index contributed by atoms with van der Waals surface area (Å²) in [7, 11) is 0. The molecule has 0 heterocycles. The molecule has 0 saturated carbocycles. The molecule has 1 heteroatoms. The quantitative estimate of drug-likeness (QED) is 0.237. The second kappa shape index (κ2) is 7.69. The fourth-order valence-corrected chi connectivity index (χ4v) is 6.96. The average molecular weight is 494 g/mol. The van der Waals surface area contributed by atoms with Crippen LogP contribution in [0.5, 0.6) is 0 Å². The standard InChI is InChI=1S/C38H23N/c1-2-10-24(11-3-1)39(35-22-20-31-27-14-6-4-12-25(27)29-16-8-18-33(35)37(29)31)36-23-21-32-28-15-7-5-13-26(28)30-17-9-19-34(36)38(30)32/h1-23H. The van der Waals surface area contributed by atoms with E-state index in [9.17, 15) is 0 Å². The molecule has 0 amide bonds. The van der Waals surface area contributed by atoms with Crippen molar-refractivity contribution in [1.82, 2.24) is 0 Å². The Labute approximate surface area is 227 Å². The van der Waals surface area contributed by atoms with Crippen LogP contribution in [0.4, 0.5) is 17.1 Å². The summed E-state index contributed by atoms with van der Waals surface area (Å²) in [5.41, 5.74) is 14.1. The maximum absolute atomic E-state index is 2.46. The highest BCUT2D eigenvalue weighted by Gasteiger charge is 2.27. The van der Waals surface area contributed by atoms with Crippen LogP contribution >= 0.6 is 0 Å². The topological polar surface area (TPSA) is 3.24 Å². The number of para-hydroxylation sites is 1. The molecule has 39 heavy (non-hydrogen) atoms. The van der Waals surface area contributed by atoms with E-state index in [-0.39, 0.29) is 0 Å². The molecule has 0 aliphatic heterocycles. The summed E-state index contributed by atoms with van der Waals surface area (Å²) in [4.78, 5) is 2.46. The molecule has 0 N–H and O–H groups in total. The van der Waals surface area contributed by atoms with Crippen LogP contribution in [0.15, 0.2) is 140 Å². The Balaban J connectivity index is 1.36. The van der Waals surface area contributed by atoms with Gasteiger partial charge in [0, 0.05) is 16.5 Å². The molecule has 0 spiro atoms. The third kappa shape index (κ3) is 2.74. The molecule has 2 aliphatic rings. The highest BCUT2D eigenvalue weighted by Crippen LogP contribution is 2.54. The monoisotopic (exact) mass is 493 g/mol. The lowest BCUT2D eigenvalue weighted by Gasteiger charge is -2.28. The molecule has 0 fully saturated rings. The SMILES string of the molecule is c1ccc(N(c2ccc3c4c(cccc24)-c2ccccc2-3)c2ccc3c4c(cccc24)-c2ccccc2-3)cc1. The summed E-state index contributed by atoms with van der Waals surface area (Å²) in [6, 6.07) is 51.2. The van der Waals surface area contributed by atoms with Crippen LogP contribution in [0, 0.1) is 0 Å². The van der Waals surface area contributed by atoms with Crippen molar-refractivity contribution in [2.24, 2.45) is 0 Å². The molecule has 0 unspecified atom stereocenters. The van der Waals surface area contributed by atoms with Crippen molar-refractivity contribution in [1.29, 1.82) is 0 Å². The highest BCUT2D eigenvalue weighted by molar-refractivity contribution is 6.22. The van der Waals surface area contributed by atoms with Gasteiger partial charge in [0.15, 0.2) is 0 Å². The summed E-state index contributed by atoms with van der Waals surface area (Å²) in [6.45, 7) is 0. The minimum absolute atomic E-state index is 1.16. The van der Waals surface area contributed by atoms with Gasteiger partial charge in [0.1, 0.15) is 0 Å². The van der Waals surface area contributed by atoms with Crippen LogP contribution in [0.2, 0.25) is 0 Å². The Morgan fingerprint density at radius 1 is 0.282 bits per heavy atom. The van der Waals surface area contributed by atoms with E-state index in [1.54, 1.807) is 0 Å². The minimum atomic E-state index is 1.16. The van der Waals surface area contributed by atoms with Crippen molar-refractivity contribution < 1.29 is 0 Å². The molecule has 1 nitrogen and oxygen atoms in total. The zero-order valence-electron chi connectivity index (χ0n) is 21.2. The van der Waals surface area contributed by atoms with E-state index in [1.165, 1.54) is 77.4 Å². The number of rotatable bonds is 3. The number of anilines is 3. The summed E-state index contributed by atoms with van der Waals surface area (Å²) in [5.74, 6) is 0. The lowest BCUT2D eigenvalue weighted by Crippen LogP contribution is -2.11. The third-order valence-electron chi connectivity index (χ3n) is 8.55. The maximum Gasteiger partial charge on any atom is 0.0540 e. The highest BCUT2D eigenvalue weighted by atomic mass is 15.1. The zero-order valence-corrected chi connectivity index (χ0v) is 21.2. The van der Waals surface area contributed by atoms with Gasteiger partial charge < -0.3 is 4.90 Å². The molecule has 0 bridgehead atoms. The molecule has 0 radical (unpaired) electrons. The van der Waals surface area contributed by atoms with Gasteiger partial charge in [-0.1, -0.05) is 115 Å². The number of fused-ring (bicyclic) bond motifs is 6. The van der Waals surface area contributed by atoms with Crippen molar-refractivity contribution in [3.63, 3.8) is 0 Å². The van der Waals surface area contributed by atoms with Crippen LogP contribution in [0.25, 0.3) is 66.1 Å². The van der Waals surface area contributed by atoms with Gasteiger partial charge in [0.2, 0.25) is 0 Å². The van der Waals surface area contributed by atoms with E-state index in [4.69, 9.17) is 0 Å². The molecule has 0 atom stereocenters. The Morgan fingerprint density at radius 3 is 1.13 bits per heavy atom. The Kier molecular flexibility index (Phi) is 4.11. The van der Waals surface area contributed by atoms with E-state index in [0.717, 1.165) is 5.69 Å². The van der Waals surface area contributed by atoms with Crippen molar-refractivity contribution >= 4 is 38.6 Å². The average Bonchev–Trinajstić information content (AvgIpc) is 3.51. The summed E-state index contributed by atoms with van der Waals surface area (Å²) in [5, 5.41) is 5.24. The van der Waals surface area contributed by atoms with Crippen LogP contribution in [-0.2, 0) is 0 Å². The van der Waals surface area contributed by atoms with Gasteiger partial charge in [0.05, 0.1) is 11.4 Å². The van der Waals surface area contributed by atoms with Crippen molar-refractivity contribution in [3.8, 4) is 44.5 Å². The first-order chi connectivity index (χ1) is 19.4. The fraction of sp³-hybridized carbons (Fsp3) is 0. The van der Waals surface area contributed by atoms with Crippen LogP contribution in [-0.4, -0.2) is 0 Å². The van der Waals surface area contributed by atoms with Gasteiger partial charge in [-0.2, -0.15) is 0 Å². The van der Waals surface area contributed by atoms with Gasteiger partial charge in [0.25, 0.3) is 0 Å². The summed E-state index contributed by atoms with van der Waals surface area (Å²) < 4.78 is 0. The second-order valence-electron chi connectivity index (χ2n) is 10.5. The molecule has 2 aliphatic carbocycles. The van der Waals surface area contributed by atoms with Gasteiger partial charge in [-0.15, -0.1) is 0 Å². The molecule has 0 aromatic heterocycles. The second-order valence-corrected chi connectivity index (χ2v) is 10.5. The number of hydrogen-bond acceptors (Lipinski definition) is 1. The third-order valence-corrected chi connectivity index (χ3v) is 8.55. The van der Waals surface area contributed by atoms with E-state index < -0.39 is 0 Å². The first-order valence-electron chi connectivity index (χ1n) is 13.5. The predicted octanol–water partition coefficient (Wildman–Crippen LogP) is 10.8. The van der Waals surface area contributed by atoms with E-state index in [0.29, 0.717) is 0 Å². The van der Waals surface area contributed by atoms with Gasteiger partial charge in [-0.05, 0) is 79.5 Å². The lowest BCUT2D eigenvalue weighted by atomic mass is 9.98. The van der Waals surface area contributed by atoms with Gasteiger partial charge in [-0.25, -0.2) is 0 Å². The fourth-order valence-electron chi connectivity index (χ4n) is 6.96. The Bertz CT molecular complexity index is 1930. The zero-order chi connectivity index (χ0) is 25.5. The van der Waals surface area contributed by atoms with Crippen molar-refractivity contribution in [2.45, 2.75) is 0 Å². The van der Waals surface area contributed by atoms with Crippen LogP contribution < -0.4 is 4.90 Å². The largest absolute Gasteiger partial charge is 0.309 e. The number of hydrogen-bond donors (Lipinski definition) is 0. The smallest absolute Gasteiger partial charge is 0.0540 e. The van der Waals surface area contributed by atoms with E-state index in [1.807, 2.05) is 0 Å². The minimum Gasteiger partial charge on any atom is -0.309 e. The molecule has 7 aromatic rings. The van der Waals surface area contributed by atoms with Gasteiger partial charge >= 0.3 is 0 Å². The predicted molar refractivity (Wildman–Crippen MR) is 165 cm³/mol.